The van der Waals surface area contributed by atoms with Crippen LogP contribution in [0.5, 0.6) is 0 Å². The fourth-order valence-corrected chi connectivity index (χ4v) is 2.07. The van der Waals surface area contributed by atoms with E-state index < -0.39 is 11.1 Å². The van der Waals surface area contributed by atoms with Gasteiger partial charge in [0.2, 0.25) is 0 Å². The van der Waals surface area contributed by atoms with Crippen LogP contribution in [-0.2, 0) is 11.1 Å². The lowest BCUT2D eigenvalue weighted by molar-refractivity contribution is 0.552. The van der Waals surface area contributed by atoms with Gasteiger partial charge in [-0.15, -0.1) is 0 Å². The summed E-state index contributed by atoms with van der Waals surface area (Å²) in [6.07, 6.45) is 9.60. The molecule has 0 aliphatic rings. The molecule has 1 unspecified atom stereocenters. The molecule has 0 heterocycles. The van der Waals surface area contributed by atoms with Gasteiger partial charge in [-0.3, -0.25) is 0 Å². The van der Waals surface area contributed by atoms with Gasteiger partial charge in [0.05, 0.1) is 0 Å². The van der Waals surface area contributed by atoms with E-state index in [2.05, 4.69) is 12.6 Å². The zero-order chi connectivity index (χ0) is 10.6. The predicted molar refractivity (Wildman–Crippen MR) is 66.4 cm³/mol. The Bertz CT molecular complexity index is 140. The summed E-state index contributed by atoms with van der Waals surface area (Å²) in [6, 6.07) is 0. The van der Waals surface area contributed by atoms with Crippen LogP contribution in [0.3, 0.4) is 0 Å². The first-order chi connectivity index (χ1) is 6.77. The molecule has 0 spiro atoms. The van der Waals surface area contributed by atoms with E-state index >= 15 is 0 Å². The van der Waals surface area contributed by atoms with Crippen molar-refractivity contribution >= 4 is 23.7 Å². The fraction of sp³-hybridized carbons (Fsp3) is 1.00. The van der Waals surface area contributed by atoms with Crippen molar-refractivity contribution in [2.45, 2.75) is 51.4 Å². The van der Waals surface area contributed by atoms with Crippen LogP contribution < -0.4 is 0 Å². The molecular formula is C10H22O2S2. The smallest absolute Gasteiger partial charge is 0.152 e. The molecule has 0 saturated carbocycles. The van der Waals surface area contributed by atoms with Gasteiger partial charge in [-0.25, -0.2) is 4.21 Å². The zero-order valence-electron chi connectivity index (χ0n) is 8.78. The number of unbranched alkanes of at least 4 members (excludes halogenated alkanes) is 7. The molecule has 0 saturated heterocycles. The summed E-state index contributed by atoms with van der Waals surface area (Å²) in [5.41, 5.74) is 0. The molecule has 0 rings (SSSR count). The van der Waals surface area contributed by atoms with Gasteiger partial charge >= 0.3 is 0 Å². The van der Waals surface area contributed by atoms with Gasteiger partial charge < -0.3 is 4.55 Å². The Morgan fingerprint density at radius 1 is 0.857 bits per heavy atom. The van der Waals surface area contributed by atoms with Crippen molar-refractivity contribution in [3.63, 3.8) is 0 Å². The van der Waals surface area contributed by atoms with E-state index in [4.69, 9.17) is 4.55 Å². The summed E-state index contributed by atoms with van der Waals surface area (Å²) < 4.78 is 18.8. The average Bonchev–Trinajstić information content (AvgIpc) is 2.15. The van der Waals surface area contributed by atoms with E-state index in [0.717, 1.165) is 18.6 Å². The molecule has 0 bridgehead atoms. The number of rotatable bonds is 10. The maximum atomic E-state index is 10.3. The number of hydrogen-bond donors (Lipinski definition) is 2. The highest BCUT2D eigenvalue weighted by molar-refractivity contribution is 7.80. The van der Waals surface area contributed by atoms with E-state index in [1.54, 1.807) is 0 Å². The van der Waals surface area contributed by atoms with Crippen LogP contribution in [-0.4, -0.2) is 20.3 Å². The highest BCUT2D eigenvalue weighted by Gasteiger charge is 1.94. The lowest BCUT2D eigenvalue weighted by Crippen LogP contribution is -1.94. The Kier molecular flexibility index (Phi) is 11.9. The van der Waals surface area contributed by atoms with Gasteiger partial charge in [-0.1, -0.05) is 38.5 Å². The Morgan fingerprint density at radius 3 is 1.71 bits per heavy atom. The predicted octanol–water partition coefficient (Wildman–Crippen LogP) is 3.26. The molecular weight excluding hydrogens is 216 g/mol. The van der Waals surface area contributed by atoms with Crippen molar-refractivity contribution in [1.82, 2.24) is 0 Å². The van der Waals surface area contributed by atoms with Crippen LogP contribution in [0.15, 0.2) is 0 Å². The molecule has 0 aromatic heterocycles. The summed E-state index contributed by atoms with van der Waals surface area (Å²) >= 11 is 2.57. The minimum Gasteiger partial charge on any atom is -0.306 e. The summed E-state index contributed by atoms with van der Waals surface area (Å²) in [6.45, 7) is 0. The molecule has 0 aromatic rings. The Balaban J connectivity index is 2.88. The zero-order valence-corrected chi connectivity index (χ0v) is 10.5. The summed E-state index contributed by atoms with van der Waals surface area (Å²) in [5, 5.41) is 0. The van der Waals surface area contributed by atoms with Crippen molar-refractivity contribution in [1.29, 1.82) is 0 Å². The van der Waals surface area contributed by atoms with Crippen LogP contribution in [0, 0.1) is 0 Å². The SMILES string of the molecule is O=S(O)CCCCCCCCCCS. The molecule has 14 heavy (non-hydrogen) atoms. The monoisotopic (exact) mass is 238 g/mol. The molecule has 0 fully saturated rings. The number of thiol groups is 1. The van der Waals surface area contributed by atoms with Crippen LogP contribution in [0.4, 0.5) is 0 Å². The van der Waals surface area contributed by atoms with Gasteiger partial charge in [0, 0.05) is 5.75 Å². The van der Waals surface area contributed by atoms with Crippen molar-refractivity contribution in [3.05, 3.63) is 0 Å². The maximum Gasteiger partial charge on any atom is 0.152 e. The quantitative estimate of drug-likeness (QED) is 0.348. The molecule has 4 heteroatoms. The molecule has 0 aromatic carbocycles. The lowest BCUT2D eigenvalue weighted by Gasteiger charge is -2.00. The topological polar surface area (TPSA) is 37.3 Å². The van der Waals surface area contributed by atoms with Crippen LogP contribution >= 0.6 is 12.6 Å². The first kappa shape index (κ1) is 14.5. The summed E-state index contributed by atoms with van der Waals surface area (Å²) in [4.78, 5) is 0. The third kappa shape index (κ3) is 12.5. The molecule has 1 atom stereocenters. The van der Waals surface area contributed by atoms with Crippen molar-refractivity contribution < 1.29 is 8.76 Å². The molecule has 1 N–H and O–H groups in total. The van der Waals surface area contributed by atoms with Gasteiger partial charge in [0.25, 0.3) is 0 Å². The van der Waals surface area contributed by atoms with Crippen LogP contribution in [0.1, 0.15) is 51.4 Å². The van der Waals surface area contributed by atoms with Crippen LogP contribution in [0.25, 0.3) is 0 Å². The van der Waals surface area contributed by atoms with E-state index in [0.29, 0.717) is 5.75 Å². The minimum atomic E-state index is -1.59. The summed E-state index contributed by atoms with van der Waals surface area (Å²) in [5.74, 6) is 1.45. The van der Waals surface area contributed by atoms with Gasteiger partial charge in [0.1, 0.15) is 0 Å². The van der Waals surface area contributed by atoms with Gasteiger partial charge in [-0.2, -0.15) is 12.6 Å². The highest BCUT2D eigenvalue weighted by atomic mass is 32.2. The lowest BCUT2D eigenvalue weighted by atomic mass is 10.1. The second kappa shape index (κ2) is 11.5. The Hall–Kier alpha value is 0.460. The van der Waals surface area contributed by atoms with E-state index in [9.17, 15) is 4.21 Å². The maximum absolute atomic E-state index is 10.3. The highest BCUT2D eigenvalue weighted by Crippen LogP contribution is 2.08. The minimum absolute atomic E-state index is 0.444. The Labute approximate surface area is 95.6 Å². The molecule has 2 nitrogen and oxygen atoms in total. The van der Waals surface area contributed by atoms with E-state index in [1.807, 2.05) is 0 Å². The van der Waals surface area contributed by atoms with E-state index in [1.165, 1.54) is 38.5 Å². The largest absolute Gasteiger partial charge is 0.306 e. The molecule has 0 radical (unpaired) electrons. The van der Waals surface area contributed by atoms with E-state index in [-0.39, 0.29) is 0 Å². The molecule has 86 valence electrons. The summed E-state index contributed by atoms with van der Waals surface area (Å²) in [7, 11) is 0. The normalized spacial score (nSPS) is 13.0. The third-order valence-electron chi connectivity index (χ3n) is 2.23. The second-order valence-electron chi connectivity index (χ2n) is 3.58. The van der Waals surface area contributed by atoms with Gasteiger partial charge in [0.15, 0.2) is 11.1 Å². The fourth-order valence-electron chi connectivity index (χ4n) is 1.40. The first-order valence-corrected chi connectivity index (χ1v) is 7.36. The van der Waals surface area contributed by atoms with Crippen molar-refractivity contribution in [2.75, 3.05) is 11.5 Å². The Morgan fingerprint density at radius 2 is 1.29 bits per heavy atom. The first-order valence-electron chi connectivity index (χ1n) is 5.45. The second-order valence-corrected chi connectivity index (χ2v) is 5.08. The van der Waals surface area contributed by atoms with Crippen molar-refractivity contribution in [3.8, 4) is 0 Å². The van der Waals surface area contributed by atoms with Gasteiger partial charge in [-0.05, 0) is 18.6 Å². The third-order valence-corrected chi connectivity index (χ3v) is 3.18. The molecule has 0 amide bonds. The average molecular weight is 238 g/mol. The molecule has 0 aliphatic heterocycles. The standard InChI is InChI=1S/C10H22O2S2/c11-14(12)10-8-6-4-2-1-3-5-7-9-13/h13H,1-10H2,(H,11,12). The number of hydrogen-bond acceptors (Lipinski definition) is 2. The van der Waals surface area contributed by atoms with Crippen LogP contribution in [0.2, 0.25) is 0 Å². The van der Waals surface area contributed by atoms with Crippen molar-refractivity contribution in [2.24, 2.45) is 0 Å². The molecule has 0 aliphatic carbocycles.